The lowest BCUT2D eigenvalue weighted by Gasteiger charge is -2.29. The topological polar surface area (TPSA) is 55.0 Å². The van der Waals surface area contributed by atoms with Crippen molar-refractivity contribution < 1.29 is 0 Å². The van der Waals surface area contributed by atoms with Gasteiger partial charge in [-0.1, -0.05) is 6.92 Å². The number of aromatic nitrogens is 2. The zero-order valence-corrected chi connectivity index (χ0v) is 11.6. The molecule has 96 valence electrons. The summed E-state index contributed by atoms with van der Waals surface area (Å²) in [5.74, 6) is 1.41. The van der Waals surface area contributed by atoms with E-state index in [1.165, 1.54) is 12.8 Å². The molecule has 1 aliphatic rings. The first-order valence-corrected chi connectivity index (χ1v) is 7.37. The Bertz CT molecular complexity index is 565. The average Bonchev–Trinajstić information content (AvgIpc) is 2.94. The van der Waals surface area contributed by atoms with E-state index in [-0.39, 0.29) is 0 Å². The van der Waals surface area contributed by atoms with Gasteiger partial charge in [0.05, 0.1) is 5.39 Å². The van der Waals surface area contributed by atoms with Crippen LogP contribution in [0.25, 0.3) is 10.2 Å². The zero-order valence-electron chi connectivity index (χ0n) is 10.8. The second kappa shape index (κ2) is 4.39. The number of fused-ring (bicyclic) bond motifs is 1. The molecule has 4 nitrogen and oxygen atoms in total. The Kier molecular flexibility index (Phi) is 2.86. The van der Waals surface area contributed by atoms with Crippen LogP contribution in [-0.2, 0) is 0 Å². The fraction of sp³-hybridized carbons (Fsp3) is 0.538. The van der Waals surface area contributed by atoms with Gasteiger partial charge in [0.2, 0.25) is 5.95 Å². The highest BCUT2D eigenvalue weighted by Gasteiger charge is 2.31. The Balaban J connectivity index is 2.15. The van der Waals surface area contributed by atoms with Crippen molar-refractivity contribution in [1.29, 1.82) is 0 Å². The van der Waals surface area contributed by atoms with Crippen molar-refractivity contribution in [2.45, 2.75) is 45.2 Å². The normalized spacial score (nSPS) is 24.0. The minimum Gasteiger partial charge on any atom is -0.368 e. The van der Waals surface area contributed by atoms with Gasteiger partial charge in [-0.05, 0) is 37.6 Å². The number of hydrogen-bond donors (Lipinski definition) is 1. The number of rotatable bonds is 2. The SMILES string of the molecule is CCC1CCC(C)N1c1nc(N)nc2sccc12. The van der Waals surface area contributed by atoms with Crippen molar-refractivity contribution in [3.05, 3.63) is 11.4 Å². The third kappa shape index (κ3) is 1.73. The molecule has 3 rings (SSSR count). The van der Waals surface area contributed by atoms with Gasteiger partial charge in [-0.2, -0.15) is 4.98 Å². The lowest BCUT2D eigenvalue weighted by atomic mass is 10.1. The molecular formula is C13H18N4S. The average molecular weight is 262 g/mol. The molecule has 5 heteroatoms. The van der Waals surface area contributed by atoms with Crippen LogP contribution in [0.3, 0.4) is 0 Å². The number of nitrogen functional groups attached to an aromatic ring is 1. The predicted molar refractivity (Wildman–Crippen MR) is 77.1 cm³/mol. The van der Waals surface area contributed by atoms with Crippen LogP contribution < -0.4 is 10.6 Å². The van der Waals surface area contributed by atoms with E-state index < -0.39 is 0 Å². The highest BCUT2D eigenvalue weighted by Crippen LogP contribution is 2.36. The Labute approximate surface area is 111 Å². The fourth-order valence-corrected chi connectivity index (χ4v) is 3.67. The van der Waals surface area contributed by atoms with Gasteiger partial charge in [-0.15, -0.1) is 11.3 Å². The van der Waals surface area contributed by atoms with Crippen LogP contribution in [0.5, 0.6) is 0 Å². The van der Waals surface area contributed by atoms with Gasteiger partial charge in [0.1, 0.15) is 10.6 Å². The molecule has 0 spiro atoms. The smallest absolute Gasteiger partial charge is 0.223 e. The van der Waals surface area contributed by atoms with E-state index in [9.17, 15) is 0 Å². The third-order valence-electron chi connectivity index (χ3n) is 3.82. The van der Waals surface area contributed by atoms with Gasteiger partial charge in [0.15, 0.2) is 0 Å². The molecule has 18 heavy (non-hydrogen) atoms. The summed E-state index contributed by atoms with van der Waals surface area (Å²) in [6, 6.07) is 3.22. The van der Waals surface area contributed by atoms with Crippen LogP contribution in [0, 0.1) is 0 Å². The minimum atomic E-state index is 0.383. The quantitative estimate of drug-likeness (QED) is 0.903. The number of hydrogen-bond acceptors (Lipinski definition) is 5. The molecule has 0 amide bonds. The van der Waals surface area contributed by atoms with Crippen molar-refractivity contribution in [3.63, 3.8) is 0 Å². The van der Waals surface area contributed by atoms with Crippen LogP contribution in [0.15, 0.2) is 11.4 Å². The highest BCUT2D eigenvalue weighted by atomic mass is 32.1. The van der Waals surface area contributed by atoms with E-state index in [1.807, 2.05) is 0 Å². The molecule has 2 aromatic rings. The number of thiophene rings is 1. The summed E-state index contributed by atoms with van der Waals surface area (Å²) >= 11 is 1.63. The van der Waals surface area contributed by atoms with Crippen molar-refractivity contribution in [3.8, 4) is 0 Å². The molecule has 0 saturated carbocycles. The number of anilines is 2. The molecule has 0 aliphatic carbocycles. The number of nitrogens with two attached hydrogens (primary N) is 1. The van der Waals surface area contributed by atoms with Gasteiger partial charge < -0.3 is 10.6 Å². The lowest BCUT2D eigenvalue weighted by molar-refractivity contribution is 0.623. The second-order valence-corrected chi connectivity index (χ2v) is 5.84. The summed E-state index contributed by atoms with van der Waals surface area (Å²) in [5, 5.41) is 3.20. The van der Waals surface area contributed by atoms with Gasteiger partial charge in [-0.3, -0.25) is 0 Å². The maximum atomic E-state index is 5.84. The van der Waals surface area contributed by atoms with Gasteiger partial charge in [0, 0.05) is 12.1 Å². The maximum absolute atomic E-state index is 5.84. The summed E-state index contributed by atoms with van der Waals surface area (Å²) in [5.41, 5.74) is 5.84. The zero-order chi connectivity index (χ0) is 12.7. The molecule has 2 atom stereocenters. The first-order valence-electron chi connectivity index (χ1n) is 6.49. The van der Waals surface area contributed by atoms with E-state index in [4.69, 9.17) is 5.73 Å². The molecule has 0 radical (unpaired) electrons. The van der Waals surface area contributed by atoms with E-state index in [1.54, 1.807) is 11.3 Å². The summed E-state index contributed by atoms with van der Waals surface area (Å²) in [4.78, 5) is 12.2. The molecule has 2 aromatic heterocycles. The molecule has 1 aliphatic heterocycles. The first-order chi connectivity index (χ1) is 8.70. The van der Waals surface area contributed by atoms with E-state index in [2.05, 4.69) is 40.2 Å². The van der Waals surface area contributed by atoms with Crippen LogP contribution in [0.4, 0.5) is 11.8 Å². The molecule has 2 N–H and O–H groups in total. The molecule has 1 fully saturated rings. The first kappa shape index (κ1) is 11.7. The molecule has 0 aromatic carbocycles. The van der Waals surface area contributed by atoms with Gasteiger partial charge in [-0.25, -0.2) is 4.98 Å². The molecule has 1 saturated heterocycles. The maximum Gasteiger partial charge on any atom is 0.223 e. The van der Waals surface area contributed by atoms with Crippen molar-refractivity contribution >= 4 is 33.3 Å². The Morgan fingerprint density at radius 2 is 2.28 bits per heavy atom. The van der Waals surface area contributed by atoms with Crippen molar-refractivity contribution in [2.24, 2.45) is 0 Å². The number of nitrogens with zero attached hydrogens (tertiary/aromatic N) is 3. The third-order valence-corrected chi connectivity index (χ3v) is 4.63. The summed E-state index contributed by atoms with van der Waals surface area (Å²) in [6.07, 6.45) is 3.63. The summed E-state index contributed by atoms with van der Waals surface area (Å²) < 4.78 is 0. The standard InChI is InChI=1S/C13H18N4S/c1-3-9-5-4-8(2)17(9)11-10-6-7-18-12(10)16-13(14)15-11/h6-9H,3-5H2,1-2H3,(H2,14,15,16). The van der Waals surface area contributed by atoms with Crippen molar-refractivity contribution in [1.82, 2.24) is 9.97 Å². The van der Waals surface area contributed by atoms with Crippen LogP contribution in [0.1, 0.15) is 33.1 Å². The van der Waals surface area contributed by atoms with E-state index >= 15 is 0 Å². The van der Waals surface area contributed by atoms with Gasteiger partial charge in [0.25, 0.3) is 0 Å². The predicted octanol–water partition coefficient (Wildman–Crippen LogP) is 3.04. The summed E-state index contributed by atoms with van der Waals surface area (Å²) in [6.45, 7) is 4.51. The fourth-order valence-electron chi connectivity index (χ4n) is 2.91. The summed E-state index contributed by atoms with van der Waals surface area (Å²) in [7, 11) is 0. The monoisotopic (exact) mass is 262 g/mol. The Hall–Kier alpha value is -1.36. The van der Waals surface area contributed by atoms with Crippen LogP contribution >= 0.6 is 11.3 Å². The Morgan fingerprint density at radius 3 is 3.06 bits per heavy atom. The second-order valence-electron chi connectivity index (χ2n) is 4.94. The molecule has 2 unspecified atom stereocenters. The van der Waals surface area contributed by atoms with Crippen molar-refractivity contribution in [2.75, 3.05) is 10.6 Å². The highest BCUT2D eigenvalue weighted by molar-refractivity contribution is 7.16. The van der Waals surface area contributed by atoms with E-state index in [0.717, 1.165) is 22.5 Å². The van der Waals surface area contributed by atoms with E-state index in [0.29, 0.717) is 18.0 Å². The lowest BCUT2D eigenvalue weighted by Crippen LogP contribution is -2.35. The van der Waals surface area contributed by atoms with Crippen LogP contribution in [0.2, 0.25) is 0 Å². The van der Waals surface area contributed by atoms with Crippen LogP contribution in [-0.4, -0.2) is 22.1 Å². The van der Waals surface area contributed by atoms with Gasteiger partial charge >= 0.3 is 0 Å². The molecule has 0 bridgehead atoms. The Morgan fingerprint density at radius 1 is 1.44 bits per heavy atom. The minimum absolute atomic E-state index is 0.383. The molecular weight excluding hydrogens is 244 g/mol. The largest absolute Gasteiger partial charge is 0.368 e. The molecule has 3 heterocycles.